The molecule has 3 nitrogen and oxygen atoms in total. The van der Waals surface area contributed by atoms with Crippen LogP contribution in [0.3, 0.4) is 0 Å². The zero-order chi connectivity index (χ0) is 15.2. The first-order valence-corrected chi connectivity index (χ1v) is 7.56. The van der Waals surface area contributed by atoms with Crippen LogP contribution in [0.5, 0.6) is 0 Å². The molecule has 0 aromatic heterocycles. The Labute approximate surface area is 123 Å². The van der Waals surface area contributed by atoms with E-state index in [0.717, 1.165) is 12.8 Å². The monoisotopic (exact) mass is 278 g/mol. The van der Waals surface area contributed by atoms with Gasteiger partial charge in [-0.05, 0) is 36.3 Å². The maximum atomic E-state index is 8.88. The van der Waals surface area contributed by atoms with Crippen molar-refractivity contribution < 1.29 is 5.11 Å². The van der Waals surface area contributed by atoms with Crippen LogP contribution >= 0.6 is 0 Å². The summed E-state index contributed by atoms with van der Waals surface area (Å²) in [4.78, 5) is 0. The summed E-state index contributed by atoms with van der Waals surface area (Å²) in [5, 5.41) is 12.4. The SMILES string of the molecule is CC(CCCO)NC(CN)c1ccc(C(C)(C)C)cc1. The minimum absolute atomic E-state index is 0.178. The van der Waals surface area contributed by atoms with E-state index in [1.165, 1.54) is 11.1 Å². The second kappa shape index (κ2) is 7.77. The zero-order valence-electron chi connectivity index (χ0n) is 13.3. The molecule has 4 N–H and O–H groups in total. The van der Waals surface area contributed by atoms with Crippen molar-refractivity contribution in [3.05, 3.63) is 35.4 Å². The number of benzene rings is 1. The molecule has 0 spiro atoms. The number of aliphatic hydroxyl groups is 1. The summed E-state index contributed by atoms with van der Waals surface area (Å²) in [6.45, 7) is 9.63. The van der Waals surface area contributed by atoms with Crippen LogP contribution in [-0.4, -0.2) is 24.3 Å². The molecular weight excluding hydrogens is 248 g/mol. The quantitative estimate of drug-likeness (QED) is 0.719. The molecule has 0 saturated carbocycles. The average Bonchev–Trinajstić information content (AvgIpc) is 2.41. The fraction of sp³-hybridized carbons (Fsp3) is 0.647. The second-order valence-electron chi connectivity index (χ2n) is 6.59. The third kappa shape index (κ3) is 5.23. The van der Waals surface area contributed by atoms with Gasteiger partial charge < -0.3 is 16.2 Å². The van der Waals surface area contributed by atoms with Crippen LogP contribution in [0.4, 0.5) is 0 Å². The Morgan fingerprint density at radius 2 is 1.80 bits per heavy atom. The normalized spacial score (nSPS) is 15.1. The zero-order valence-corrected chi connectivity index (χ0v) is 13.3. The molecular formula is C17H30N2O. The summed E-state index contributed by atoms with van der Waals surface area (Å²) >= 11 is 0. The molecule has 0 fully saturated rings. The molecule has 3 heteroatoms. The minimum atomic E-state index is 0.178. The van der Waals surface area contributed by atoms with Gasteiger partial charge in [0.05, 0.1) is 0 Å². The van der Waals surface area contributed by atoms with Gasteiger partial charge in [0, 0.05) is 25.2 Å². The van der Waals surface area contributed by atoms with Gasteiger partial charge in [-0.2, -0.15) is 0 Å². The number of aliphatic hydroxyl groups excluding tert-OH is 1. The first-order valence-electron chi connectivity index (χ1n) is 7.56. The van der Waals surface area contributed by atoms with Gasteiger partial charge in [0.1, 0.15) is 0 Å². The van der Waals surface area contributed by atoms with Crippen molar-refractivity contribution >= 4 is 0 Å². The Bertz CT molecular complexity index is 381. The van der Waals surface area contributed by atoms with Crippen LogP contribution in [0.1, 0.15) is 57.7 Å². The van der Waals surface area contributed by atoms with E-state index in [1.807, 2.05) is 0 Å². The molecule has 0 aliphatic carbocycles. The predicted molar refractivity (Wildman–Crippen MR) is 85.9 cm³/mol. The molecule has 0 radical (unpaired) electrons. The van der Waals surface area contributed by atoms with Gasteiger partial charge in [-0.3, -0.25) is 0 Å². The largest absolute Gasteiger partial charge is 0.396 e. The van der Waals surface area contributed by atoms with Crippen molar-refractivity contribution in [1.29, 1.82) is 0 Å². The highest BCUT2D eigenvalue weighted by atomic mass is 16.2. The first kappa shape index (κ1) is 17.2. The van der Waals surface area contributed by atoms with Crippen LogP contribution in [0.2, 0.25) is 0 Å². The number of nitrogens with two attached hydrogens (primary N) is 1. The van der Waals surface area contributed by atoms with Gasteiger partial charge in [0.25, 0.3) is 0 Å². The summed E-state index contributed by atoms with van der Waals surface area (Å²) in [7, 11) is 0. The lowest BCUT2D eigenvalue weighted by Crippen LogP contribution is -2.35. The molecule has 2 atom stereocenters. The molecule has 2 unspecified atom stereocenters. The maximum absolute atomic E-state index is 8.88. The summed E-state index contributed by atoms with van der Waals surface area (Å²) in [6.07, 6.45) is 1.79. The summed E-state index contributed by atoms with van der Waals surface area (Å²) in [6, 6.07) is 9.26. The lowest BCUT2D eigenvalue weighted by molar-refractivity contribution is 0.274. The molecule has 1 aromatic rings. The fourth-order valence-corrected chi connectivity index (χ4v) is 2.34. The lowest BCUT2D eigenvalue weighted by atomic mass is 9.86. The van der Waals surface area contributed by atoms with E-state index in [0.29, 0.717) is 12.6 Å². The highest BCUT2D eigenvalue weighted by Gasteiger charge is 2.16. The molecule has 0 heterocycles. The van der Waals surface area contributed by atoms with Crippen molar-refractivity contribution in [2.75, 3.05) is 13.2 Å². The molecule has 0 saturated heterocycles. The van der Waals surface area contributed by atoms with E-state index in [1.54, 1.807) is 0 Å². The number of hydrogen-bond acceptors (Lipinski definition) is 3. The smallest absolute Gasteiger partial charge is 0.0446 e. The van der Waals surface area contributed by atoms with Crippen LogP contribution in [0.25, 0.3) is 0 Å². The Morgan fingerprint density at radius 3 is 2.25 bits per heavy atom. The van der Waals surface area contributed by atoms with Crippen LogP contribution in [-0.2, 0) is 5.41 Å². The van der Waals surface area contributed by atoms with Crippen molar-refractivity contribution in [3.8, 4) is 0 Å². The third-order valence-corrected chi connectivity index (χ3v) is 3.70. The molecule has 1 rings (SSSR count). The van der Waals surface area contributed by atoms with Gasteiger partial charge >= 0.3 is 0 Å². The van der Waals surface area contributed by atoms with Crippen LogP contribution in [0, 0.1) is 0 Å². The topological polar surface area (TPSA) is 58.3 Å². The Hall–Kier alpha value is -0.900. The Kier molecular flexibility index (Phi) is 6.66. The third-order valence-electron chi connectivity index (χ3n) is 3.70. The molecule has 0 aliphatic rings. The van der Waals surface area contributed by atoms with Crippen LogP contribution < -0.4 is 11.1 Å². The van der Waals surface area contributed by atoms with E-state index >= 15 is 0 Å². The number of hydrogen-bond donors (Lipinski definition) is 3. The van der Waals surface area contributed by atoms with Gasteiger partial charge in [0.2, 0.25) is 0 Å². The average molecular weight is 278 g/mol. The van der Waals surface area contributed by atoms with Gasteiger partial charge in [-0.15, -0.1) is 0 Å². The molecule has 114 valence electrons. The van der Waals surface area contributed by atoms with Crippen LogP contribution in [0.15, 0.2) is 24.3 Å². The van der Waals surface area contributed by atoms with E-state index in [-0.39, 0.29) is 18.1 Å². The fourth-order valence-electron chi connectivity index (χ4n) is 2.34. The standard InChI is InChI=1S/C17H30N2O/c1-13(6-5-11-20)19-16(12-18)14-7-9-15(10-8-14)17(2,3)4/h7-10,13,16,19-20H,5-6,11-12,18H2,1-4H3. The van der Waals surface area contributed by atoms with Gasteiger partial charge in [-0.25, -0.2) is 0 Å². The van der Waals surface area contributed by atoms with Gasteiger partial charge in [0.15, 0.2) is 0 Å². The summed E-state index contributed by atoms with van der Waals surface area (Å²) < 4.78 is 0. The minimum Gasteiger partial charge on any atom is -0.396 e. The second-order valence-corrected chi connectivity index (χ2v) is 6.59. The van der Waals surface area contributed by atoms with E-state index in [2.05, 4.69) is 57.3 Å². The van der Waals surface area contributed by atoms with E-state index in [9.17, 15) is 0 Å². The van der Waals surface area contributed by atoms with Crippen molar-refractivity contribution in [3.63, 3.8) is 0 Å². The number of rotatable bonds is 7. The molecule has 0 amide bonds. The lowest BCUT2D eigenvalue weighted by Gasteiger charge is -2.24. The van der Waals surface area contributed by atoms with Gasteiger partial charge in [-0.1, -0.05) is 45.0 Å². The number of nitrogens with one attached hydrogen (secondary N) is 1. The van der Waals surface area contributed by atoms with Crippen molar-refractivity contribution in [2.45, 2.75) is 58.0 Å². The predicted octanol–water partition coefficient (Wildman–Crippen LogP) is 2.73. The molecule has 20 heavy (non-hydrogen) atoms. The molecule has 0 bridgehead atoms. The molecule has 0 aliphatic heterocycles. The molecule has 1 aromatic carbocycles. The Morgan fingerprint density at radius 1 is 1.20 bits per heavy atom. The highest BCUT2D eigenvalue weighted by Crippen LogP contribution is 2.24. The highest BCUT2D eigenvalue weighted by molar-refractivity contribution is 5.29. The summed E-state index contributed by atoms with van der Waals surface area (Å²) in [5.41, 5.74) is 8.64. The maximum Gasteiger partial charge on any atom is 0.0446 e. The van der Waals surface area contributed by atoms with E-state index in [4.69, 9.17) is 10.8 Å². The first-order chi connectivity index (χ1) is 9.38. The summed E-state index contributed by atoms with van der Waals surface area (Å²) in [5.74, 6) is 0. The van der Waals surface area contributed by atoms with Crippen molar-refractivity contribution in [1.82, 2.24) is 5.32 Å². The Balaban J connectivity index is 2.70. The van der Waals surface area contributed by atoms with E-state index < -0.39 is 0 Å². The van der Waals surface area contributed by atoms with Crippen molar-refractivity contribution in [2.24, 2.45) is 5.73 Å².